The van der Waals surface area contributed by atoms with Gasteiger partial charge in [0.1, 0.15) is 12.4 Å². The summed E-state index contributed by atoms with van der Waals surface area (Å²) in [7, 11) is 1.60. The second kappa shape index (κ2) is 9.16. The number of halogens is 2. The fourth-order valence-corrected chi connectivity index (χ4v) is 3.63. The van der Waals surface area contributed by atoms with Gasteiger partial charge in [-0.25, -0.2) is 4.39 Å². The Labute approximate surface area is 164 Å². The van der Waals surface area contributed by atoms with Gasteiger partial charge in [-0.3, -0.25) is 0 Å². The monoisotopic (exact) mass is 435 g/mol. The van der Waals surface area contributed by atoms with Crippen LogP contribution >= 0.6 is 27.3 Å². The topological polar surface area (TPSA) is 30.5 Å². The lowest BCUT2D eigenvalue weighted by atomic mass is 10.2. The van der Waals surface area contributed by atoms with E-state index in [2.05, 4.69) is 32.7 Å². The Morgan fingerprint density at radius 3 is 2.62 bits per heavy atom. The van der Waals surface area contributed by atoms with E-state index in [9.17, 15) is 4.39 Å². The number of hydrogen-bond donors (Lipinski definition) is 1. The quantitative estimate of drug-likeness (QED) is 0.504. The van der Waals surface area contributed by atoms with Crippen LogP contribution in [0.5, 0.6) is 11.5 Å². The van der Waals surface area contributed by atoms with Crippen molar-refractivity contribution in [1.82, 2.24) is 5.32 Å². The molecule has 3 aromatic rings. The van der Waals surface area contributed by atoms with Crippen molar-refractivity contribution < 1.29 is 13.9 Å². The van der Waals surface area contributed by atoms with E-state index in [0.29, 0.717) is 23.6 Å². The molecular formula is C20H19BrFNO2S. The van der Waals surface area contributed by atoms with Crippen molar-refractivity contribution in [2.24, 2.45) is 0 Å². The van der Waals surface area contributed by atoms with Gasteiger partial charge in [-0.15, -0.1) is 11.3 Å². The average Bonchev–Trinajstić information content (AvgIpc) is 3.16. The molecule has 1 aromatic heterocycles. The van der Waals surface area contributed by atoms with Crippen LogP contribution in [0.15, 0.2) is 58.4 Å². The standard InChI is InChI=1S/C20H19BrFNO2S/c1-24-19-9-15(11-23-12-16-6-4-8-26-16)17(21)10-20(19)25-13-14-5-2-3-7-18(14)22/h2-10,23H,11-13H2,1H3. The van der Waals surface area contributed by atoms with Gasteiger partial charge < -0.3 is 14.8 Å². The van der Waals surface area contributed by atoms with Gasteiger partial charge in [-0.1, -0.05) is 40.2 Å². The molecule has 0 amide bonds. The van der Waals surface area contributed by atoms with Crippen LogP contribution in [-0.2, 0) is 19.7 Å². The van der Waals surface area contributed by atoms with Gasteiger partial charge in [-0.2, -0.15) is 0 Å². The van der Waals surface area contributed by atoms with Crippen LogP contribution in [0.25, 0.3) is 0 Å². The molecule has 3 rings (SSSR count). The molecule has 0 fully saturated rings. The van der Waals surface area contributed by atoms with Crippen molar-refractivity contribution in [3.63, 3.8) is 0 Å². The van der Waals surface area contributed by atoms with E-state index in [1.807, 2.05) is 18.2 Å². The van der Waals surface area contributed by atoms with Gasteiger partial charge in [0.25, 0.3) is 0 Å². The second-order valence-corrected chi connectivity index (χ2v) is 7.54. The predicted molar refractivity (Wildman–Crippen MR) is 106 cm³/mol. The third-order valence-corrected chi connectivity index (χ3v) is 5.48. The lowest BCUT2D eigenvalue weighted by molar-refractivity contribution is 0.279. The van der Waals surface area contributed by atoms with Crippen LogP contribution in [-0.4, -0.2) is 7.11 Å². The minimum absolute atomic E-state index is 0.144. The van der Waals surface area contributed by atoms with E-state index in [0.717, 1.165) is 16.6 Å². The van der Waals surface area contributed by atoms with Gasteiger partial charge in [0.2, 0.25) is 0 Å². The molecule has 0 saturated carbocycles. The summed E-state index contributed by atoms with van der Waals surface area (Å²) >= 11 is 5.31. The van der Waals surface area contributed by atoms with E-state index in [-0.39, 0.29) is 12.4 Å². The minimum Gasteiger partial charge on any atom is -0.493 e. The Bertz CT molecular complexity index is 855. The Hall–Kier alpha value is -1.89. The summed E-state index contributed by atoms with van der Waals surface area (Å²) in [5.41, 5.74) is 1.57. The van der Waals surface area contributed by atoms with Crippen LogP contribution in [0.3, 0.4) is 0 Å². The van der Waals surface area contributed by atoms with E-state index < -0.39 is 0 Å². The third kappa shape index (κ3) is 4.84. The van der Waals surface area contributed by atoms with Crippen molar-refractivity contribution in [2.75, 3.05) is 7.11 Å². The molecular weight excluding hydrogens is 417 g/mol. The zero-order valence-electron chi connectivity index (χ0n) is 14.3. The van der Waals surface area contributed by atoms with Crippen LogP contribution in [0.2, 0.25) is 0 Å². The fraction of sp³-hybridized carbons (Fsp3) is 0.200. The maximum Gasteiger partial charge on any atom is 0.162 e. The maximum atomic E-state index is 13.7. The summed E-state index contributed by atoms with van der Waals surface area (Å²) in [5.74, 6) is 0.919. The summed E-state index contributed by atoms with van der Waals surface area (Å²) in [4.78, 5) is 1.29. The highest BCUT2D eigenvalue weighted by atomic mass is 79.9. The highest BCUT2D eigenvalue weighted by molar-refractivity contribution is 9.10. The number of nitrogens with one attached hydrogen (secondary N) is 1. The Morgan fingerprint density at radius 1 is 1.04 bits per heavy atom. The molecule has 0 bridgehead atoms. The largest absolute Gasteiger partial charge is 0.493 e. The fourth-order valence-electron chi connectivity index (χ4n) is 2.49. The number of ether oxygens (including phenoxy) is 2. The van der Waals surface area contributed by atoms with Crippen molar-refractivity contribution in [2.45, 2.75) is 19.7 Å². The van der Waals surface area contributed by atoms with Gasteiger partial charge in [-0.05, 0) is 35.2 Å². The molecule has 0 aliphatic rings. The highest BCUT2D eigenvalue weighted by Gasteiger charge is 2.11. The van der Waals surface area contributed by atoms with Crippen molar-refractivity contribution >= 4 is 27.3 Å². The smallest absolute Gasteiger partial charge is 0.162 e. The van der Waals surface area contributed by atoms with E-state index in [1.165, 1.54) is 10.9 Å². The van der Waals surface area contributed by atoms with Crippen LogP contribution in [0, 0.1) is 5.82 Å². The molecule has 2 aromatic carbocycles. The first-order valence-electron chi connectivity index (χ1n) is 8.13. The molecule has 0 saturated heterocycles. The maximum absolute atomic E-state index is 13.7. The lowest BCUT2D eigenvalue weighted by Gasteiger charge is -2.14. The molecule has 0 atom stereocenters. The molecule has 1 N–H and O–H groups in total. The van der Waals surface area contributed by atoms with E-state index in [1.54, 1.807) is 36.6 Å². The van der Waals surface area contributed by atoms with Gasteiger partial charge in [0.05, 0.1) is 7.11 Å². The molecule has 0 aliphatic carbocycles. The molecule has 0 unspecified atom stereocenters. The lowest BCUT2D eigenvalue weighted by Crippen LogP contribution is -2.12. The molecule has 6 heteroatoms. The molecule has 0 aliphatic heterocycles. The van der Waals surface area contributed by atoms with E-state index in [4.69, 9.17) is 9.47 Å². The summed E-state index contributed by atoms with van der Waals surface area (Å²) in [6.07, 6.45) is 0. The summed E-state index contributed by atoms with van der Waals surface area (Å²) in [6.45, 7) is 1.66. The molecule has 26 heavy (non-hydrogen) atoms. The molecule has 1 heterocycles. The SMILES string of the molecule is COc1cc(CNCc2cccs2)c(Br)cc1OCc1ccccc1F. The van der Waals surface area contributed by atoms with Crippen LogP contribution in [0.1, 0.15) is 16.0 Å². The minimum atomic E-state index is -0.278. The predicted octanol–water partition coefficient (Wildman–Crippen LogP) is 5.53. The van der Waals surface area contributed by atoms with Crippen LogP contribution < -0.4 is 14.8 Å². The first kappa shape index (κ1) is 18.9. The number of benzene rings is 2. The third-order valence-electron chi connectivity index (χ3n) is 3.87. The zero-order valence-corrected chi connectivity index (χ0v) is 16.7. The van der Waals surface area contributed by atoms with Crippen molar-refractivity contribution in [3.8, 4) is 11.5 Å². The Balaban J connectivity index is 1.67. The van der Waals surface area contributed by atoms with Crippen molar-refractivity contribution in [1.29, 1.82) is 0 Å². The summed E-state index contributed by atoms with van der Waals surface area (Å²) in [6, 6.07) is 14.5. The van der Waals surface area contributed by atoms with E-state index >= 15 is 0 Å². The highest BCUT2D eigenvalue weighted by Crippen LogP contribution is 2.34. The normalized spacial score (nSPS) is 10.7. The Morgan fingerprint density at radius 2 is 1.88 bits per heavy atom. The van der Waals surface area contributed by atoms with Gasteiger partial charge in [0, 0.05) is 28.0 Å². The number of thiophene rings is 1. The molecule has 136 valence electrons. The number of hydrogen-bond acceptors (Lipinski definition) is 4. The van der Waals surface area contributed by atoms with Crippen LogP contribution in [0.4, 0.5) is 4.39 Å². The first-order chi connectivity index (χ1) is 12.7. The molecule has 3 nitrogen and oxygen atoms in total. The van der Waals surface area contributed by atoms with Crippen molar-refractivity contribution in [3.05, 3.63) is 80.2 Å². The number of methoxy groups -OCH3 is 1. The van der Waals surface area contributed by atoms with Gasteiger partial charge >= 0.3 is 0 Å². The zero-order chi connectivity index (χ0) is 18.4. The molecule has 0 radical (unpaired) electrons. The number of rotatable bonds is 8. The second-order valence-electron chi connectivity index (χ2n) is 5.66. The average molecular weight is 436 g/mol. The summed E-state index contributed by atoms with van der Waals surface area (Å²) < 4.78 is 25.9. The summed E-state index contributed by atoms with van der Waals surface area (Å²) in [5, 5.41) is 5.48. The first-order valence-corrected chi connectivity index (χ1v) is 9.80. The van der Waals surface area contributed by atoms with Gasteiger partial charge in [0.15, 0.2) is 11.5 Å². The Kier molecular flexibility index (Phi) is 6.66. The molecule has 0 spiro atoms.